The Kier molecular flexibility index (Phi) is 3.62. The van der Waals surface area contributed by atoms with Crippen LogP contribution in [-0.2, 0) is 4.79 Å². The Labute approximate surface area is 130 Å². The van der Waals surface area contributed by atoms with Gasteiger partial charge in [0.05, 0.1) is 16.7 Å². The van der Waals surface area contributed by atoms with E-state index in [1.165, 1.54) is 4.90 Å². The van der Waals surface area contributed by atoms with Gasteiger partial charge >= 0.3 is 0 Å². The highest BCUT2D eigenvalue weighted by molar-refractivity contribution is 5.89. The standard InChI is InChI=1S/C17H21N3O2/c1-11(2)17(3)16(22)20(10-21)15(19-17)14-9-8-12-6-4-5-7-13(12)18-14/h4-9,11,15,19,21H,10H2,1-3H3. The summed E-state index contributed by atoms with van der Waals surface area (Å²) in [6.45, 7) is 5.55. The number of rotatable bonds is 3. The molecule has 1 aliphatic heterocycles. The van der Waals surface area contributed by atoms with Gasteiger partial charge in [0.1, 0.15) is 12.9 Å². The lowest BCUT2D eigenvalue weighted by molar-refractivity contribution is -0.137. The maximum absolute atomic E-state index is 12.6. The summed E-state index contributed by atoms with van der Waals surface area (Å²) in [7, 11) is 0. The number of fused-ring (bicyclic) bond motifs is 1. The summed E-state index contributed by atoms with van der Waals surface area (Å²) in [5, 5.41) is 14.0. The van der Waals surface area contributed by atoms with Crippen molar-refractivity contribution in [3.8, 4) is 0 Å². The van der Waals surface area contributed by atoms with Crippen molar-refractivity contribution in [1.29, 1.82) is 0 Å². The van der Waals surface area contributed by atoms with Crippen molar-refractivity contribution >= 4 is 16.8 Å². The van der Waals surface area contributed by atoms with E-state index in [2.05, 4.69) is 10.3 Å². The molecule has 1 aliphatic rings. The second kappa shape index (κ2) is 5.34. The highest BCUT2D eigenvalue weighted by atomic mass is 16.3. The maximum atomic E-state index is 12.6. The maximum Gasteiger partial charge on any atom is 0.246 e. The minimum absolute atomic E-state index is 0.0926. The zero-order chi connectivity index (χ0) is 15.9. The SMILES string of the molecule is CC(C)C1(C)NC(c2ccc3ccccc3n2)N(CO)C1=O. The lowest BCUT2D eigenvalue weighted by atomic mass is 9.88. The van der Waals surface area contributed by atoms with Crippen LogP contribution in [0.3, 0.4) is 0 Å². The van der Waals surface area contributed by atoms with E-state index in [-0.39, 0.29) is 18.6 Å². The highest BCUT2D eigenvalue weighted by Gasteiger charge is 2.50. The monoisotopic (exact) mass is 299 g/mol. The minimum Gasteiger partial charge on any atom is -0.376 e. The molecule has 5 heteroatoms. The van der Waals surface area contributed by atoms with E-state index in [1.807, 2.05) is 57.2 Å². The second-order valence-corrected chi connectivity index (χ2v) is 6.25. The summed E-state index contributed by atoms with van der Waals surface area (Å²) in [5.74, 6) is 0.0180. The van der Waals surface area contributed by atoms with E-state index in [0.717, 1.165) is 16.6 Å². The lowest BCUT2D eigenvalue weighted by Gasteiger charge is -2.26. The molecule has 1 aromatic carbocycles. The van der Waals surface area contributed by atoms with Crippen LogP contribution in [0.15, 0.2) is 36.4 Å². The number of hydrogen-bond donors (Lipinski definition) is 2. The number of hydrogen-bond acceptors (Lipinski definition) is 4. The van der Waals surface area contributed by atoms with Crippen molar-refractivity contribution in [3.05, 3.63) is 42.1 Å². The molecule has 0 radical (unpaired) electrons. The number of carbonyl (C=O) groups excluding carboxylic acids is 1. The molecule has 116 valence electrons. The first-order valence-corrected chi connectivity index (χ1v) is 7.52. The van der Waals surface area contributed by atoms with Gasteiger partial charge < -0.3 is 5.11 Å². The predicted octanol–water partition coefficient (Wildman–Crippen LogP) is 2.03. The van der Waals surface area contributed by atoms with Crippen LogP contribution < -0.4 is 5.32 Å². The van der Waals surface area contributed by atoms with Crippen LogP contribution >= 0.6 is 0 Å². The summed E-state index contributed by atoms with van der Waals surface area (Å²) in [6, 6.07) is 11.7. The molecule has 1 amide bonds. The van der Waals surface area contributed by atoms with Crippen LogP contribution in [-0.4, -0.2) is 33.2 Å². The van der Waals surface area contributed by atoms with Gasteiger partial charge in [0.15, 0.2) is 0 Å². The third-order valence-corrected chi connectivity index (χ3v) is 4.66. The number of aliphatic hydroxyl groups excluding tert-OH is 1. The zero-order valence-electron chi connectivity index (χ0n) is 13.1. The summed E-state index contributed by atoms with van der Waals surface area (Å²) in [4.78, 5) is 18.7. The average molecular weight is 299 g/mol. The number of para-hydroxylation sites is 1. The number of carbonyl (C=O) groups is 1. The lowest BCUT2D eigenvalue weighted by Crippen LogP contribution is -2.48. The number of aromatic nitrogens is 1. The Balaban J connectivity index is 2.03. The summed E-state index contributed by atoms with van der Waals surface area (Å²) in [5.41, 5.74) is 0.927. The Morgan fingerprint density at radius 2 is 2.05 bits per heavy atom. The predicted molar refractivity (Wildman–Crippen MR) is 84.8 cm³/mol. The summed E-state index contributed by atoms with van der Waals surface area (Å²) >= 11 is 0. The van der Waals surface area contributed by atoms with E-state index in [0.29, 0.717) is 0 Å². The van der Waals surface area contributed by atoms with Crippen LogP contribution in [0.1, 0.15) is 32.6 Å². The van der Waals surface area contributed by atoms with Gasteiger partial charge in [0, 0.05) is 5.39 Å². The fourth-order valence-corrected chi connectivity index (χ4v) is 2.87. The van der Waals surface area contributed by atoms with Crippen LogP contribution in [0.5, 0.6) is 0 Å². The van der Waals surface area contributed by atoms with Gasteiger partial charge in [-0.1, -0.05) is 38.1 Å². The molecular formula is C17H21N3O2. The van der Waals surface area contributed by atoms with Gasteiger partial charge in [-0.2, -0.15) is 0 Å². The van der Waals surface area contributed by atoms with E-state index in [4.69, 9.17) is 0 Å². The Bertz CT molecular complexity index is 716. The van der Waals surface area contributed by atoms with Gasteiger partial charge in [0.25, 0.3) is 0 Å². The van der Waals surface area contributed by atoms with Gasteiger partial charge in [-0.05, 0) is 25.0 Å². The van der Waals surface area contributed by atoms with Crippen molar-refractivity contribution in [1.82, 2.24) is 15.2 Å². The Morgan fingerprint density at radius 1 is 1.32 bits per heavy atom. The van der Waals surface area contributed by atoms with E-state index in [9.17, 15) is 9.90 Å². The molecule has 0 bridgehead atoms. The molecule has 5 nitrogen and oxygen atoms in total. The summed E-state index contributed by atoms with van der Waals surface area (Å²) < 4.78 is 0. The third kappa shape index (κ3) is 2.17. The van der Waals surface area contributed by atoms with Gasteiger partial charge in [0.2, 0.25) is 5.91 Å². The first-order valence-electron chi connectivity index (χ1n) is 7.52. The fourth-order valence-electron chi connectivity index (χ4n) is 2.87. The van der Waals surface area contributed by atoms with Crippen molar-refractivity contribution in [3.63, 3.8) is 0 Å². The van der Waals surface area contributed by atoms with Crippen LogP contribution in [0, 0.1) is 5.92 Å². The van der Waals surface area contributed by atoms with Crippen molar-refractivity contribution < 1.29 is 9.90 Å². The number of nitrogens with one attached hydrogen (secondary N) is 1. The van der Waals surface area contributed by atoms with E-state index in [1.54, 1.807) is 0 Å². The zero-order valence-corrected chi connectivity index (χ0v) is 13.1. The summed E-state index contributed by atoms with van der Waals surface area (Å²) in [6.07, 6.45) is -0.408. The Hall–Kier alpha value is -1.98. The topological polar surface area (TPSA) is 65.5 Å². The molecule has 2 aromatic rings. The van der Waals surface area contributed by atoms with Crippen molar-refractivity contribution in [2.24, 2.45) is 5.92 Å². The molecule has 1 fully saturated rings. The molecular weight excluding hydrogens is 278 g/mol. The number of amides is 1. The van der Waals surface area contributed by atoms with Crippen molar-refractivity contribution in [2.45, 2.75) is 32.5 Å². The normalized spacial score (nSPS) is 25.4. The molecule has 2 atom stereocenters. The van der Waals surface area contributed by atoms with Gasteiger partial charge in [-0.15, -0.1) is 0 Å². The fraction of sp³-hybridized carbons (Fsp3) is 0.412. The molecule has 3 rings (SSSR count). The molecule has 2 N–H and O–H groups in total. The first kappa shape index (κ1) is 14.9. The third-order valence-electron chi connectivity index (χ3n) is 4.66. The minimum atomic E-state index is -0.694. The van der Waals surface area contributed by atoms with Crippen LogP contribution in [0.4, 0.5) is 0 Å². The average Bonchev–Trinajstić information content (AvgIpc) is 2.79. The molecule has 0 aliphatic carbocycles. The largest absolute Gasteiger partial charge is 0.376 e. The van der Waals surface area contributed by atoms with E-state index < -0.39 is 11.7 Å². The smallest absolute Gasteiger partial charge is 0.246 e. The first-order chi connectivity index (χ1) is 10.5. The molecule has 1 aromatic heterocycles. The molecule has 0 saturated carbocycles. The number of pyridine rings is 1. The number of aliphatic hydroxyl groups is 1. The van der Waals surface area contributed by atoms with Crippen LogP contribution in [0.2, 0.25) is 0 Å². The molecule has 2 heterocycles. The quantitative estimate of drug-likeness (QED) is 0.910. The van der Waals surface area contributed by atoms with Crippen molar-refractivity contribution in [2.75, 3.05) is 6.73 Å². The number of nitrogens with zero attached hydrogens (tertiary/aromatic N) is 2. The van der Waals surface area contributed by atoms with Crippen LogP contribution in [0.25, 0.3) is 10.9 Å². The molecule has 1 saturated heterocycles. The number of benzene rings is 1. The van der Waals surface area contributed by atoms with E-state index >= 15 is 0 Å². The highest BCUT2D eigenvalue weighted by Crippen LogP contribution is 2.34. The molecule has 22 heavy (non-hydrogen) atoms. The van der Waals surface area contributed by atoms with Gasteiger partial charge in [-0.3, -0.25) is 15.0 Å². The molecule has 2 unspecified atom stereocenters. The second-order valence-electron chi connectivity index (χ2n) is 6.25. The van der Waals surface area contributed by atoms with Gasteiger partial charge in [-0.25, -0.2) is 4.98 Å². The Morgan fingerprint density at radius 3 is 2.73 bits per heavy atom. The molecule has 0 spiro atoms.